The smallest absolute Gasteiger partial charge is 0.284 e. The Labute approximate surface area is 195 Å². The molecule has 2 heterocycles. The molecule has 6 nitrogen and oxygen atoms in total. The van der Waals surface area contributed by atoms with E-state index in [0.29, 0.717) is 45.0 Å². The van der Waals surface area contributed by atoms with E-state index in [2.05, 4.69) is 20.3 Å². The van der Waals surface area contributed by atoms with Crippen molar-refractivity contribution in [2.75, 3.05) is 48.7 Å². The zero-order chi connectivity index (χ0) is 22.7. The van der Waals surface area contributed by atoms with E-state index in [-0.39, 0.29) is 5.78 Å². The van der Waals surface area contributed by atoms with Crippen molar-refractivity contribution in [1.29, 1.82) is 5.26 Å². The van der Waals surface area contributed by atoms with Crippen LogP contribution in [0.1, 0.15) is 16.9 Å². The highest BCUT2D eigenvalue weighted by Gasteiger charge is 2.52. The van der Waals surface area contributed by atoms with Crippen LogP contribution in [0.3, 0.4) is 0 Å². The van der Waals surface area contributed by atoms with Gasteiger partial charge in [0.05, 0.1) is 24.8 Å². The molecule has 2 aliphatic heterocycles. The molecule has 0 aromatic heterocycles. The number of nitriles is 1. The van der Waals surface area contributed by atoms with Crippen LogP contribution in [-0.2, 0) is 9.30 Å². The van der Waals surface area contributed by atoms with Gasteiger partial charge < -0.3 is 14.1 Å². The standard InChI is InChI=1S/C26H27N4O2P/c27-21-22-11-13-23(14-12-22)26(28-17-19-32-20-18-28)33(31)29(24-7-3-1-4-8-24)15-16-30(33)25-9-5-2-6-10-25/h1-14,26H,15-20H2. The number of para-hydroxylation sites is 2. The molecule has 0 saturated carbocycles. The van der Waals surface area contributed by atoms with Crippen LogP contribution >= 0.6 is 7.44 Å². The van der Waals surface area contributed by atoms with E-state index in [1.54, 1.807) is 0 Å². The molecule has 2 fully saturated rings. The molecule has 1 unspecified atom stereocenters. The Balaban J connectivity index is 1.68. The molecular formula is C26H27N4O2P. The van der Waals surface area contributed by atoms with Crippen LogP contribution in [0.2, 0.25) is 0 Å². The minimum atomic E-state index is -3.20. The highest BCUT2D eigenvalue weighted by atomic mass is 31.2. The number of hydrogen-bond donors (Lipinski definition) is 0. The van der Waals surface area contributed by atoms with Gasteiger partial charge in [-0.1, -0.05) is 48.5 Å². The Morgan fingerprint density at radius 2 is 1.27 bits per heavy atom. The number of ether oxygens (including phenoxy) is 1. The fourth-order valence-electron chi connectivity index (χ4n) is 4.83. The highest BCUT2D eigenvalue weighted by Crippen LogP contribution is 2.69. The predicted octanol–water partition coefficient (Wildman–Crippen LogP) is 5.11. The minimum Gasteiger partial charge on any atom is -0.379 e. The summed E-state index contributed by atoms with van der Waals surface area (Å²) in [4.78, 5) is 2.29. The van der Waals surface area contributed by atoms with Gasteiger partial charge in [0.1, 0.15) is 5.78 Å². The summed E-state index contributed by atoms with van der Waals surface area (Å²) in [6.07, 6.45) is 0. The number of hydrogen-bond acceptors (Lipinski definition) is 4. The van der Waals surface area contributed by atoms with Crippen LogP contribution in [0, 0.1) is 11.3 Å². The zero-order valence-corrected chi connectivity index (χ0v) is 19.3. The van der Waals surface area contributed by atoms with Gasteiger partial charge in [-0.2, -0.15) is 5.26 Å². The number of benzene rings is 3. The van der Waals surface area contributed by atoms with E-state index in [4.69, 9.17) is 4.74 Å². The maximum absolute atomic E-state index is 15.5. The summed E-state index contributed by atoms with van der Waals surface area (Å²) >= 11 is 0. The van der Waals surface area contributed by atoms with E-state index in [9.17, 15) is 5.26 Å². The van der Waals surface area contributed by atoms with Crippen LogP contribution in [0.25, 0.3) is 0 Å². The number of nitrogens with zero attached hydrogens (tertiary/aromatic N) is 4. The third-order valence-corrected chi connectivity index (χ3v) is 9.88. The summed E-state index contributed by atoms with van der Waals surface area (Å²) in [5.41, 5.74) is 3.49. The topological polar surface area (TPSA) is 59.8 Å². The molecule has 0 N–H and O–H groups in total. The second kappa shape index (κ2) is 9.41. The van der Waals surface area contributed by atoms with Crippen LogP contribution in [-0.4, -0.2) is 44.3 Å². The van der Waals surface area contributed by atoms with Gasteiger partial charge >= 0.3 is 0 Å². The number of morpholine rings is 1. The zero-order valence-electron chi connectivity index (χ0n) is 18.5. The average Bonchev–Trinajstić information content (AvgIpc) is 3.23. The van der Waals surface area contributed by atoms with Crippen molar-refractivity contribution in [3.8, 4) is 6.07 Å². The minimum absolute atomic E-state index is 0.350. The van der Waals surface area contributed by atoms with Gasteiger partial charge in [0.15, 0.2) is 0 Å². The monoisotopic (exact) mass is 458 g/mol. The van der Waals surface area contributed by atoms with Crippen molar-refractivity contribution in [2.45, 2.75) is 5.78 Å². The molecule has 1 atom stereocenters. The van der Waals surface area contributed by atoms with Gasteiger partial charge in [0, 0.05) is 37.6 Å². The lowest BCUT2D eigenvalue weighted by molar-refractivity contribution is 0.0303. The van der Waals surface area contributed by atoms with Crippen LogP contribution in [0.4, 0.5) is 11.4 Å². The van der Waals surface area contributed by atoms with Crippen LogP contribution in [0.5, 0.6) is 0 Å². The van der Waals surface area contributed by atoms with Crippen molar-refractivity contribution >= 4 is 18.8 Å². The highest BCUT2D eigenvalue weighted by molar-refractivity contribution is 7.67. The first-order chi connectivity index (χ1) is 16.2. The maximum Gasteiger partial charge on any atom is 0.284 e. The normalized spacial score (nSPS) is 19.2. The lowest BCUT2D eigenvalue weighted by atomic mass is 10.1. The Hall–Kier alpha value is -3.10. The molecule has 3 aromatic carbocycles. The van der Waals surface area contributed by atoms with Crippen molar-refractivity contribution in [3.05, 3.63) is 96.1 Å². The van der Waals surface area contributed by atoms with E-state index < -0.39 is 7.44 Å². The molecule has 33 heavy (non-hydrogen) atoms. The third kappa shape index (κ3) is 4.05. The summed E-state index contributed by atoms with van der Waals surface area (Å²) in [7, 11) is -3.20. The SMILES string of the molecule is N#Cc1ccc(C(N2CCOCC2)P2(=O)N(c3ccccc3)CCN2c2ccccc2)cc1. The van der Waals surface area contributed by atoms with E-state index in [0.717, 1.165) is 16.9 Å². The second-order valence-electron chi connectivity index (χ2n) is 8.26. The maximum atomic E-state index is 15.5. The lowest BCUT2D eigenvalue weighted by Gasteiger charge is -2.44. The van der Waals surface area contributed by atoms with Crippen LogP contribution in [0.15, 0.2) is 84.9 Å². The Kier molecular flexibility index (Phi) is 6.20. The summed E-state index contributed by atoms with van der Waals surface area (Å²) in [6, 6.07) is 29.9. The van der Waals surface area contributed by atoms with Crippen LogP contribution < -0.4 is 9.34 Å². The van der Waals surface area contributed by atoms with Gasteiger partial charge in [-0.3, -0.25) is 9.46 Å². The fourth-order valence-corrected chi connectivity index (χ4v) is 8.52. The first-order valence-corrected chi connectivity index (χ1v) is 13.0. The van der Waals surface area contributed by atoms with Gasteiger partial charge in [0.25, 0.3) is 7.44 Å². The fraction of sp³-hybridized carbons (Fsp3) is 0.269. The third-order valence-electron chi connectivity index (χ3n) is 6.37. The van der Waals surface area contributed by atoms with Gasteiger partial charge in [-0.05, 0) is 42.0 Å². The van der Waals surface area contributed by atoms with Gasteiger partial charge in [-0.15, -0.1) is 0 Å². The summed E-state index contributed by atoms with van der Waals surface area (Å²) in [5.74, 6) is -0.350. The molecule has 0 bridgehead atoms. The molecule has 3 aromatic rings. The Morgan fingerprint density at radius 1 is 0.758 bits per heavy atom. The Morgan fingerprint density at radius 3 is 1.76 bits per heavy atom. The van der Waals surface area contributed by atoms with E-state index in [1.807, 2.05) is 84.9 Å². The van der Waals surface area contributed by atoms with E-state index >= 15 is 4.57 Å². The quantitative estimate of drug-likeness (QED) is 0.496. The molecule has 0 amide bonds. The van der Waals surface area contributed by atoms with E-state index in [1.165, 1.54) is 0 Å². The molecular weight excluding hydrogens is 431 g/mol. The van der Waals surface area contributed by atoms with Crippen molar-refractivity contribution in [3.63, 3.8) is 0 Å². The molecule has 2 aliphatic rings. The van der Waals surface area contributed by atoms with Gasteiger partial charge in [-0.25, -0.2) is 0 Å². The van der Waals surface area contributed by atoms with Crippen molar-refractivity contribution < 1.29 is 9.30 Å². The molecule has 0 aliphatic carbocycles. The summed E-state index contributed by atoms with van der Waals surface area (Å²) < 4.78 is 25.4. The molecule has 0 radical (unpaired) electrons. The molecule has 0 spiro atoms. The first-order valence-electron chi connectivity index (χ1n) is 11.3. The number of anilines is 2. The molecule has 168 valence electrons. The van der Waals surface area contributed by atoms with Crippen molar-refractivity contribution in [1.82, 2.24) is 4.90 Å². The molecule has 5 rings (SSSR count). The summed E-state index contributed by atoms with van der Waals surface area (Å²) in [5, 5.41) is 9.31. The summed E-state index contributed by atoms with van der Waals surface area (Å²) in [6.45, 7) is 3.99. The number of rotatable bonds is 5. The first kappa shape index (κ1) is 21.7. The van der Waals surface area contributed by atoms with Crippen molar-refractivity contribution in [2.24, 2.45) is 0 Å². The molecule has 7 heteroatoms. The average molecular weight is 459 g/mol. The largest absolute Gasteiger partial charge is 0.379 e. The molecule has 2 saturated heterocycles. The predicted molar refractivity (Wildman–Crippen MR) is 131 cm³/mol. The lowest BCUT2D eigenvalue weighted by Crippen LogP contribution is -2.42. The Bertz CT molecular complexity index is 1110. The second-order valence-corrected chi connectivity index (χ2v) is 10.9. The van der Waals surface area contributed by atoms with Gasteiger partial charge in [0.2, 0.25) is 0 Å².